The van der Waals surface area contributed by atoms with Crippen molar-refractivity contribution in [3.63, 3.8) is 0 Å². The molecule has 7 aromatic carbocycles. The van der Waals surface area contributed by atoms with Crippen molar-refractivity contribution in [1.29, 1.82) is 0 Å². The zero-order chi connectivity index (χ0) is 29.7. The monoisotopic (exact) mass is 594 g/mol. The van der Waals surface area contributed by atoms with Gasteiger partial charge in [0.25, 0.3) is 0 Å². The first-order valence-electron chi connectivity index (χ1n) is 15.3. The van der Waals surface area contributed by atoms with Crippen molar-refractivity contribution in [2.24, 2.45) is 0 Å². The van der Waals surface area contributed by atoms with Crippen molar-refractivity contribution in [2.45, 2.75) is 0 Å². The lowest BCUT2D eigenvalue weighted by atomic mass is 10.3. The van der Waals surface area contributed by atoms with E-state index in [0.717, 1.165) is 0 Å². The van der Waals surface area contributed by atoms with Crippen molar-refractivity contribution < 1.29 is 0 Å². The first-order chi connectivity index (χ1) is 21.8. The molecule has 0 spiro atoms. The molecule has 0 nitrogen and oxygen atoms in total. The summed E-state index contributed by atoms with van der Waals surface area (Å²) in [5.74, 6) is 0. The zero-order valence-corrected chi connectivity index (χ0v) is 26.6. The lowest BCUT2D eigenvalue weighted by molar-refractivity contribution is 1.65. The predicted molar refractivity (Wildman–Crippen MR) is 194 cm³/mol. The second-order valence-corrected chi connectivity index (χ2v) is 18.9. The molecule has 7 rings (SSSR count). The Bertz CT molecular complexity index is 1590. The Labute approximate surface area is 263 Å². The van der Waals surface area contributed by atoms with Gasteiger partial charge in [0.05, 0.1) is 0 Å². The van der Waals surface area contributed by atoms with Crippen molar-refractivity contribution in [3.8, 4) is 0 Å². The van der Waals surface area contributed by atoms with Gasteiger partial charge in [-0.3, -0.25) is 0 Å². The average Bonchev–Trinajstić information content (AvgIpc) is 3.12. The minimum absolute atomic E-state index is 1.39. The Morgan fingerprint density at radius 3 is 0.864 bits per heavy atom. The van der Waals surface area contributed by atoms with Crippen LogP contribution >= 0.6 is 0 Å². The van der Waals surface area contributed by atoms with Crippen LogP contribution in [-0.4, -0.2) is 16.1 Å². The number of benzene rings is 7. The fourth-order valence-corrected chi connectivity index (χ4v) is 16.9. The van der Waals surface area contributed by atoms with Crippen LogP contribution in [-0.2, 0) is 0 Å². The van der Waals surface area contributed by atoms with Crippen LogP contribution in [0.2, 0.25) is 0 Å². The van der Waals surface area contributed by atoms with Crippen LogP contribution in [0.1, 0.15) is 0 Å². The van der Waals surface area contributed by atoms with Crippen molar-refractivity contribution >= 4 is 57.6 Å². The summed E-state index contributed by atoms with van der Waals surface area (Å²) in [4.78, 5) is 0. The average molecular weight is 595 g/mol. The van der Waals surface area contributed by atoms with Crippen molar-refractivity contribution in [1.82, 2.24) is 0 Å². The van der Waals surface area contributed by atoms with Gasteiger partial charge >= 0.3 is 0 Å². The van der Waals surface area contributed by atoms with Gasteiger partial charge < -0.3 is 0 Å². The molecule has 0 N–H and O–H groups in total. The maximum atomic E-state index is 2.58. The fraction of sp³-hybridized carbons (Fsp3) is 0. The van der Waals surface area contributed by atoms with Gasteiger partial charge in [-0.15, -0.1) is 0 Å². The first-order valence-corrected chi connectivity index (χ1v) is 19.3. The van der Waals surface area contributed by atoms with Gasteiger partial charge in [-0.1, -0.05) is 206 Å². The van der Waals surface area contributed by atoms with E-state index >= 15 is 0 Å². The molecule has 0 bridgehead atoms. The normalized spacial score (nSPS) is 11.6. The second kappa shape index (κ2) is 12.3. The van der Waals surface area contributed by atoms with Gasteiger partial charge in [-0.2, -0.15) is 20.7 Å². The van der Waals surface area contributed by atoms with E-state index in [4.69, 9.17) is 0 Å². The van der Waals surface area contributed by atoms with E-state index in [2.05, 4.69) is 206 Å². The minimum Gasteiger partial charge on any atom is -0.171 e. The molecule has 0 aliphatic carbocycles. The Kier molecular flexibility index (Phi) is 7.77. The number of rotatable bonds is 8. The molecule has 0 fully saturated rings. The van der Waals surface area contributed by atoms with E-state index in [1.54, 1.807) is 0 Å². The molecule has 0 saturated carbocycles. The summed E-state index contributed by atoms with van der Waals surface area (Å²) in [5, 5.41) is 11.1. The van der Waals surface area contributed by atoms with Crippen LogP contribution in [0.15, 0.2) is 206 Å². The molecule has 0 heterocycles. The number of hydrogen-bond acceptors (Lipinski definition) is 0. The summed E-state index contributed by atoms with van der Waals surface area (Å²) in [7, 11) is -5.38. The highest BCUT2D eigenvalue weighted by atomic mass is 28.3. The molecule has 7 aromatic rings. The maximum absolute atomic E-state index is 2.69. The Hall–Kier alpha value is -5.03. The quantitative estimate of drug-likeness (QED) is 0.180. The maximum Gasteiger partial charge on any atom is 0.179 e. The summed E-state index contributed by atoms with van der Waals surface area (Å²) >= 11 is 0. The van der Waals surface area contributed by atoms with Crippen LogP contribution in [0.3, 0.4) is 0 Å². The largest absolute Gasteiger partial charge is 0.179 e. The highest BCUT2D eigenvalue weighted by Crippen LogP contribution is 2.13. The molecule has 2 heteroatoms. The summed E-state index contributed by atoms with van der Waals surface area (Å²) in [6.07, 6.45) is 0. The molecule has 0 saturated heterocycles. The van der Waals surface area contributed by atoms with Crippen LogP contribution in [0.4, 0.5) is 0 Å². The van der Waals surface area contributed by atoms with E-state index < -0.39 is 16.1 Å². The van der Waals surface area contributed by atoms with E-state index in [1.807, 2.05) is 0 Å². The predicted octanol–water partition coefficient (Wildman–Crippen LogP) is 4.44. The summed E-state index contributed by atoms with van der Waals surface area (Å²) in [6, 6.07) is 77.0. The van der Waals surface area contributed by atoms with E-state index in [9.17, 15) is 0 Å². The molecule has 0 aromatic heterocycles. The van der Waals surface area contributed by atoms with E-state index in [-0.39, 0.29) is 0 Å². The molecule has 211 valence electrons. The fourth-order valence-electron chi connectivity index (χ4n) is 7.11. The third-order valence-corrected chi connectivity index (χ3v) is 18.5. The SMILES string of the molecule is c1ccc([Si](c2ccccc2)(c2ccccc2)c2cccc([Si-](c3ccccc3)(c3ccccc3)c3ccccc3)c2)cc1. The van der Waals surface area contributed by atoms with Crippen LogP contribution in [0, 0.1) is 0 Å². The zero-order valence-electron chi connectivity index (χ0n) is 24.6. The molecule has 0 aliphatic heterocycles. The lowest BCUT2D eigenvalue weighted by Crippen LogP contribution is -2.77. The smallest absolute Gasteiger partial charge is 0.171 e. The van der Waals surface area contributed by atoms with Crippen LogP contribution < -0.4 is 41.5 Å². The Morgan fingerprint density at radius 2 is 0.523 bits per heavy atom. The third-order valence-electron chi connectivity index (χ3n) is 8.97. The van der Waals surface area contributed by atoms with Gasteiger partial charge in [0.1, 0.15) is 0 Å². The van der Waals surface area contributed by atoms with Crippen molar-refractivity contribution in [3.05, 3.63) is 206 Å². The van der Waals surface area contributed by atoms with Gasteiger partial charge in [0.15, 0.2) is 8.07 Å². The second-order valence-electron chi connectivity index (χ2n) is 11.3. The van der Waals surface area contributed by atoms with E-state index in [1.165, 1.54) is 41.5 Å². The molecule has 0 unspecified atom stereocenters. The first kappa shape index (κ1) is 27.8. The van der Waals surface area contributed by atoms with E-state index in [0.29, 0.717) is 0 Å². The Morgan fingerprint density at radius 1 is 0.250 bits per heavy atom. The highest BCUT2D eigenvalue weighted by molar-refractivity contribution is 7.22. The lowest BCUT2D eigenvalue weighted by Gasteiger charge is -2.48. The standard InChI is InChI=1S/C42H34Si2/c1-7-20-35(21-8-1)43(36-22-9-2-10-23-36,37-24-11-3-12-25-37)41-32-19-33-42(34-41)44(38-26-13-4-14-27-38,39-28-15-5-16-29-39)40-30-17-6-18-31-40/h1-34H/q-1. The number of hydrogen-bond donors (Lipinski definition) is 0. The van der Waals surface area contributed by atoms with Crippen molar-refractivity contribution in [2.75, 3.05) is 0 Å². The molecule has 44 heavy (non-hydrogen) atoms. The summed E-state index contributed by atoms with van der Waals surface area (Å²) in [6.45, 7) is 0. The molecule has 0 radical (unpaired) electrons. The van der Waals surface area contributed by atoms with Gasteiger partial charge in [0.2, 0.25) is 0 Å². The van der Waals surface area contributed by atoms with Gasteiger partial charge in [0, 0.05) is 0 Å². The molecule has 0 aliphatic rings. The third kappa shape index (κ3) is 4.69. The Balaban J connectivity index is 1.61. The molecular formula is C42H34Si2-. The summed E-state index contributed by atoms with van der Waals surface area (Å²) < 4.78 is 0. The van der Waals surface area contributed by atoms with Gasteiger partial charge in [-0.25, -0.2) is 0 Å². The molecular weight excluding hydrogens is 561 g/mol. The topological polar surface area (TPSA) is 0 Å². The van der Waals surface area contributed by atoms with Crippen LogP contribution in [0.25, 0.3) is 0 Å². The molecule has 0 atom stereocenters. The van der Waals surface area contributed by atoms with Gasteiger partial charge in [-0.05, 0) is 28.8 Å². The highest BCUT2D eigenvalue weighted by Gasteiger charge is 2.41. The minimum atomic E-state index is -2.69. The van der Waals surface area contributed by atoms with Crippen LogP contribution in [0.5, 0.6) is 0 Å². The summed E-state index contributed by atoms with van der Waals surface area (Å²) in [5.41, 5.74) is 0. The molecule has 0 amide bonds.